The predicted octanol–water partition coefficient (Wildman–Crippen LogP) is -0.550. The molecule has 1 aliphatic heterocycles. The Kier molecular flexibility index (Phi) is 4.52. The van der Waals surface area contributed by atoms with Crippen LogP contribution in [0.15, 0.2) is 0 Å². The molecule has 1 atom stereocenters. The van der Waals surface area contributed by atoms with Crippen LogP contribution >= 0.6 is 0 Å². The Morgan fingerprint density at radius 1 is 1.42 bits per heavy atom. The number of nitrogens with zero attached hydrogens (tertiary/aromatic N) is 1. The summed E-state index contributed by atoms with van der Waals surface area (Å²) in [6.07, 6.45) is 0. The van der Waals surface area contributed by atoms with Gasteiger partial charge in [0.1, 0.15) is 12.1 Å². The Bertz CT molecular complexity index is 392. The first-order valence-corrected chi connectivity index (χ1v) is 6.23. The highest BCUT2D eigenvalue weighted by Gasteiger charge is 2.44. The molecule has 1 aliphatic rings. The van der Waals surface area contributed by atoms with E-state index < -0.39 is 23.4 Å². The summed E-state index contributed by atoms with van der Waals surface area (Å²) >= 11 is 0. The third-order valence-corrected chi connectivity index (χ3v) is 3.09. The number of amides is 4. The molecular formula is C12H21N3O4. The largest absolute Gasteiger partial charge is 0.394 e. The second kappa shape index (κ2) is 5.56. The zero-order chi connectivity index (χ0) is 14.8. The van der Waals surface area contributed by atoms with Crippen LogP contribution in [0.1, 0.15) is 27.7 Å². The van der Waals surface area contributed by atoms with Crippen molar-refractivity contribution in [3.63, 3.8) is 0 Å². The maximum Gasteiger partial charge on any atom is 0.325 e. The van der Waals surface area contributed by atoms with Crippen molar-refractivity contribution in [1.29, 1.82) is 0 Å². The van der Waals surface area contributed by atoms with Crippen molar-refractivity contribution in [3.8, 4) is 0 Å². The third-order valence-electron chi connectivity index (χ3n) is 3.09. The van der Waals surface area contributed by atoms with Crippen molar-refractivity contribution in [1.82, 2.24) is 15.5 Å². The second-order valence-electron chi connectivity index (χ2n) is 5.55. The molecule has 1 fully saturated rings. The van der Waals surface area contributed by atoms with Gasteiger partial charge in [-0.05, 0) is 19.8 Å². The lowest BCUT2D eigenvalue weighted by atomic mass is 10.1. The van der Waals surface area contributed by atoms with Gasteiger partial charge in [-0.1, -0.05) is 13.8 Å². The quantitative estimate of drug-likeness (QED) is 0.584. The highest BCUT2D eigenvalue weighted by molar-refractivity contribution is 6.08. The van der Waals surface area contributed by atoms with E-state index in [9.17, 15) is 14.4 Å². The minimum Gasteiger partial charge on any atom is -0.394 e. The van der Waals surface area contributed by atoms with Gasteiger partial charge in [0.2, 0.25) is 5.91 Å². The van der Waals surface area contributed by atoms with Gasteiger partial charge in [0.15, 0.2) is 0 Å². The topological polar surface area (TPSA) is 98.7 Å². The fraction of sp³-hybridized carbons (Fsp3) is 0.750. The number of imide groups is 1. The number of urea groups is 1. The second-order valence-corrected chi connectivity index (χ2v) is 5.55. The molecule has 0 saturated carbocycles. The molecule has 4 amide bonds. The van der Waals surface area contributed by atoms with Crippen LogP contribution in [-0.2, 0) is 9.59 Å². The number of carbonyl (C=O) groups excluding carboxylic acids is 3. The van der Waals surface area contributed by atoms with E-state index in [-0.39, 0.29) is 25.1 Å². The molecule has 1 heterocycles. The third kappa shape index (κ3) is 3.44. The monoisotopic (exact) mass is 271 g/mol. The van der Waals surface area contributed by atoms with E-state index in [1.807, 2.05) is 13.8 Å². The maximum atomic E-state index is 11.9. The summed E-state index contributed by atoms with van der Waals surface area (Å²) in [7, 11) is 0. The highest BCUT2D eigenvalue weighted by Crippen LogP contribution is 2.16. The Labute approximate surface area is 112 Å². The van der Waals surface area contributed by atoms with E-state index in [0.29, 0.717) is 0 Å². The Morgan fingerprint density at radius 2 is 2.00 bits per heavy atom. The van der Waals surface area contributed by atoms with E-state index >= 15 is 0 Å². The van der Waals surface area contributed by atoms with Gasteiger partial charge in [0.25, 0.3) is 5.91 Å². The summed E-state index contributed by atoms with van der Waals surface area (Å²) in [5, 5.41) is 14.2. The molecule has 1 saturated heterocycles. The average Bonchev–Trinajstić information content (AvgIpc) is 2.48. The fourth-order valence-electron chi connectivity index (χ4n) is 1.78. The average molecular weight is 271 g/mol. The van der Waals surface area contributed by atoms with Gasteiger partial charge >= 0.3 is 6.03 Å². The minimum atomic E-state index is -0.980. The SMILES string of the molecule is CC(C)[C@@H](CO)NC(=O)CN1C(=O)NC(C)(C)C1=O. The van der Waals surface area contributed by atoms with Gasteiger partial charge in [0.05, 0.1) is 12.6 Å². The normalized spacial score (nSPS) is 19.6. The number of hydrogen-bond donors (Lipinski definition) is 3. The molecule has 0 aromatic rings. The summed E-state index contributed by atoms with van der Waals surface area (Å²) in [6, 6.07) is -0.962. The smallest absolute Gasteiger partial charge is 0.325 e. The van der Waals surface area contributed by atoms with Gasteiger partial charge in [-0.15, -0.1) is 0 Å². The van der Waals surface area contributed by atoms with E-state index in [4.69, 9.17) is 5.11 Å². The van der Waals surface area contributed by atoms with E-state index in [0.717, 1.165) is 4.90 Å². The van der Waals surface area contributed by atoms with Crippen LogP contribution in [0.5, 0.6) is 0 Å². The van der Waals surface area contributed by atoms with Crippen LogP contribution in [0.4, 0.5) is 4.79 Å². The van der Waals surface area contributed by atoms with E-state index in [1.54, 1.807) is 13.8 Å². The molecule has 0 unspecified atom stereocenters. The Hall–Kier alpha value is -1.63. The highest BCUT2D eigenvalue weighted by atomic mass is 16.3. The molecule has 0 radical (unpaired) electrons. The van der Waals surface area contributed by atoms with Gasteiger partial charge in [-0.3, -0.25) is 14.5 Å². The van der Waals surface area contributed by atoms with Crippen molar-refractivity contribution in [2.45, 2.75) is 39.3 Å². The predicted molar refractivity (Wildman–Crippen MR) is 68.2 cm³/mol. The lowest BCUT2D eigenvalue weighted by Gasteiger charge is -2.21. The number of carbonyl (C=O) groups is 3. The zero-order valence-electron chi connectivity index (χ0n) is 11.7. The molecule has 7 nitrogen and oxygen atoms in total. The van der Waals surface area contributed by atoms with Crippen molar-refractivity contribution >= 4 is 17.8 Å². The Balaban J connectivity index is 2.63. The van der Waals surface area contributed by atoms with Crippen LogP contribution in [-0.4, -0.2) is 52.6 Å². The molecule has 0 aliphatic carbocycles. The van der Waals surface area contributed by atoms with Crippen molar-refractivity contribution in [2.24, 2.45) is 5.92 Å². The summed E-state index contributed by atoms with van der Waals surface area (Å²) in [6.45, 7) is 6.36. The number of aliphatic hydroxyl groups excluding tert-OH is 1. The summed E-state index contributed by atoms with van der Waals surface area (Å²) < 4.78 is 0. The summed E-state index contributed by atoms with van der Waals surface area (Å²) in [5.74, 6) is -0.833. The molecule has 0 aromatic heterocycles. The molecule has 19 heavy (non-hydrogen) atoms. The van der Waals surface area contributed by atoms with Gasteiger partial charge in [-0.25, -0.2) is 4.79 Å². The van der Waals surface area contributed by atoms with Crippen LogP contribution in [0.2, 0.25) is 0 Å². The van der Waals surface area contributed by atoms with Crippen molar-refractivity contribution in [3.05, 3.63) is 0 Å². The first-order chi connectivity index (χ1) is 8.69. The van der Waals surface area contributed by atoms with E-state index in [2.05, 4.69) is 10.6 Å². The number of rotatable bonds is 5. The van der Waals surface area contributed by atoms with Crippen LogP contribution in [0.3, 0.4) is 0 Å². The van der Waals surface area contributed by atoms with Crippen LogP contribution in [0, 0.1) is 5.92 Å². The van der Waals surface area contributed by atoms with Crippen molar-refractivity contribution in [2.75, 3.05) is 13.2 Å². The molecule has 7 heteroatoms. The number of aliphatic hydroxyl groups is 1. The fourth-order valence-corrected chi connectivity index (χ4v) is 1.78. The molecule has 3 N–H and O–H groups in total. The van der Waals surface area contributed by atoms with Gasteiger partial charge < -0.3 is 15.7 Å². The van der Waals surface area contributed by atoms with Gasteiger partial charge in [-0.2, -0.15) is 0 Å². The number of nitrogens with one attached hydrogen (secondary N) is 2. The van der Waals surface area contributed by atoms with Crippen LogP contribution < -0.4 is 10.6 Å². The number of hydrogen-bond acceptors (Lipinski definition) is 4. The first kappa shape index (κ1) is 15.4. The molecule has 0 bridgehead atoms. The summed E-state index contributed by atoms with van der Waals surface area (Å²) in [4.78, 5) is 36.1. The van der Waals surface area contributed by atoms with Crippen LogP contribution in [0.25, 0.3) is 0 Å². The maximum absolute atomic E-state index is 11.9. The lowest BCUT2D eigenvalue weighted by Crippen LogP contribution is -2.47. The van der Waals surface area contributed by atoms with E-state index in [1.165, 1.54) is 0 Å². The minimum absolute atomic E-state index is 0.0634. The summed E-state index contributed by atoms with van der Waals surface area (Å²) in [5.41, 5.74) is -0.980. The zero-order valence-corrected chi connectivity index (χ0v) is 11.7. The molecule has 1 rings (SSSR count). The van der Waals surface area contributed by atoms with Crippen molar-refractivity contribution < 1.29 is 19.5 Å². The molecule has 0 aromatic carbocycles. The molecule has 108 valence electrons. The lowest BCUT2D eigenvalue weighted by molar-refractivity contribution is -0.134. The standard InChI is InChI=1S/C12H21N3O4/c1-7(2)8(6-16)13-9(17)5-15-10(18)12(3,4)14-11(15)19/h7-8,16H,5-6H2,1-4H3,(H,13,17)(H,14,19)/t8-/m1/s1. The molecule has 0 spiro atoms. The Morgan fingerprint density at radius 3 is 2.37 bits per heavy atom. The molecular weight excluding hydrogens is 250 g/mol. The van der Waals surface area contributed by atoms with Gasteiger partial charge in [0, 0.05) is 0 Å². The first-order valence-electron chi connectivity index (χ1n) is 6.23.